The Labute approximate surface area is 169 Å². The number of para-hydroxylation sites is 2. The Bertz CT molecular complexity index is 1040. The number of rotatable bonds is 9. The first kappa shape index (κ1) is 20.5. The summed E-state index contributed by atoms with van der Waals surface area (Å²) in [7, 11) is 1.60. The van der Waals surface area contributed by atoms with Crippen LogP contribution in [0.15, 0.2) is 47.3 Å². The van der Waals surface area contributed by atoms with Crippen LogP contribution in [0.3, 0.4) is 0 Å². The summed E-state index contributed by atoms with van der Waals surface area (Å²) in [6, 6.07) is 12.7. The molecule has 7 nitrogen and oxygen atoms in total. The molecule has 2 aromatic carbocycles. The van der Waals surface area contributed by atoms with Crippen molar-refractivity contribution in [1.82, 2.24) is 14.9 Å². The van der Waals surface area contributed by atoms with Gasteiger partial charge < -0.3 is 19.8 Å². The fourth-order valence-corrected chi connectivity index (χ4v) is 3.18. The fraction of sp³-hybridized carbons (Fsp3) is 0.364. The Morgan fingerprint density at radius 3 is 2.76 bits per heavy atom. The van der Waals surface area contributed by atoms with Gasteiger partial charge in [-0.2, -0.15) is 0 Å². The molecule has 29 heavy (non-hydrogen) atoms. The van der Waals surface area contributed by atoms with E-state index >= 15 is 0 Å². The summed E-state index contributed by atoms with van der Waals surface area (Å²) in [4.78, 5) is 27.5. The molecule has 154 valence electrons. The number of unbranched alkanes of at least 4 members (excludes halogenated alkanes) is 1. The maximum atomic E-state index is 12.5. The molecular weight excluding hydrogens is 370 g/mol. The molecule has 1 heterocycles. The first-order valence-electron chi connectivity index (χ1n) is 9.81. The van der Waals surface area contributed by atoms with E-state index < -0.39 is 0 Å². The standard InChI is InChI=1S/C22H27N3O4/c1-4-5-12-29-19-11-10-16(13-20(19)28-3)15(2)23-21(26)14-25-18-9-7-6-8-17(18)24-22(25)27/h6-11,13,15H,4-5,12,14H2,1-3H3,(H,23,26)(H,24,27). The van der Waals surface area contributed by atoms with Crippen molar-refractivity contribution in [2.45, 2.75) is 39.3 Å². The van der Waals surface area contributed by atoms with Gasteiger partial charge in [-0.3, -0.25) is 9.36 Å². The van der Waals surface area contributed by atoms with Crippen molar-refractivity contribution in [3.63, 3.8) is 0 Å². The van der Waals surface area contributed by atoms with Crippen LogP contribution < -0.4 is 20.5 Å². The molecule has 0 aliphatic carbocycles. The van der Waals surface area contributed by atoms with E-state index in [1.165, 1.54) is 4.57 Å². The number of imidazole rings is 1. The molecule has 3 aromatic rings. The Morgan fingerprint density at radius 2 is 2.00 bits per heavy atom. The molecule has 2 N–H and O–H groups in total. The number of fused-ring (bicyclic) bond motifs is 1. The largest absolute Gasteiger partial charge is 0.493 e. The third-order valence-corrected chi connectivity index (χ3v) is 4.80. The summed E-state index contributed by atoms with van der Waals surface area (Å²) in [5, 5.41) is 2.94. The van der Waals surface area contributed by atoms with Crippen molar-refractivity contribution in [2.75, 3.05) is 13.7 Å². The van der Waals surface area contributed by atoms with E-state index in [1.54, 1.807) is 7.11 Å². The van der Waals surface area contributed by atoms with Gasteiger partial charge in [-0.15, -0.1) is 0 Å². The summed E-state index contributed by atoms with van der Waals surface area (Å²) < 4.78 is 12.6. The van der Waals surface area contributed by atoms with Crippen LogP contribution in [0.2, 0.25) is 0 Å². The molecule has 0 aliphatic heterocycles. The maximum absolute atomic E-state index is 12.5. The molecule has 0 saturated heterocycles. The minimum absolute atomic E-state index is 0.0530. The van der Waals surface area contributed by atoms with Crippen molar-refractivity contribution in [3.8, 4) is 11.5 Å². The minimum Gasteiger partial charge on any atom is -0.493 e. The van der Waals surface area contributed by atoms with Gasteiger partial charge in [0.15, 0.2) is 11.5 Å². The lowest BCUT2D eigenvalue weighted by atomic mass is 10.1. The SMILES string of the molecule is CCCCOc1ccc(C(C)NC(=O)Cn2c(=O)[nH]c3ccccc32)cc1OC. The summed E-state index contributed by atoms with van der Waals surface area (Å²) in [5.41, 5.74) is 2.01. The van der Waals surface area contributed by atoms with E-state index in [1.807, 2.05) is 49.4 Å². The molecule has 0 saturated carbocycles. The van der Waals surface area contributed by atoms with E-state index in [0.29, 0.717) is 29.1 Å². The lowest BCUT2D eigenvalue weighted by molar-refractivity contribution is -0.122. The topological polar surface area (TPSA) is 85.4 Å². The van der Waals surface area contributed by atoms with Crippen LogP contribution in [-0.2, 0) is 11.3 Å². The molecular formula is C22H27N3O4. The first-order chi connectivity index (χ1) is 14.0. The van der Waals surface area contributed by atoms with Crippen LogP contribution >= 0.6 is 0 Å². The molecule has 1 unspecified atom stereocenters. The molecule has 3 rings (SSSR count). The number of hydrogen-bond donors (Lipinski definition) is 2. The van der Waals surface area contributed by atoms with Gasteiger partial charge in [-0.25, -0.2) is 4.79 Å². The molecule has 0 fully saturated rings. The number of methoxy groups -OCH3 is 1. The van der Waals surface area contributed by atoms with Crippen molar-refractivity contribution >= 4 is 16.9 Å². The molecule has 0 spiro atoms. The van der Waals surface area contributed by atoms with Crippen LogP contribution in [-0.4, -0.2) is 29.2 Å². The maximum Gasteiger partial charge on any atom is 0.326 e. The number of H-pyrrole nitrogens is 1. The average Bonchev–Trinajstić information content (AvgIpc) is 3.03. The van der Waals surface area contributed by atoms with Gasteiger partial charge in [-0.05, 0) is 43.2 Å². The third kappa shape index (κ3) is 4.80. The van der Waals surface area contributed by atoms with Crippen molar-refractivity contribution in [3.05, 3.63) is 58.5 Å². The lowest BCUT2D eigenvalue weighted by Gasteiger charge is -2.17. The number of amides is 1. The van der Waals surface area contributed by atoms with Gasteiger partial charge >= 0.3 is 5.69 Å². The van der Waals surface area contributed by atoms with Crippen molar-refractivity contribution in [2.24, 2.45) is 0 Å². The fourth-order valence-electron chi connectivity index (χ4n) is 3.18. The van der Waals surface area contributed by atoms with E-state index in [0.717, 1.165) is 18.4 Å². The van der Waals surface area contributed by atoms with Gasteiger partial charge in [-0.1, -0.05) is 31.5 Å². The number of nitrogens with zero attached hydrogens (tertiary/aromatic N) is 1. The summed E-state index contributed by atoms with van der Waals surface area (Å²) in [6.45, 7) is 4.58. The quantitative estimate of drug-likeness (QED) is 0.542. The highest BCUT2D eigenvalue weighted by molar-refractivity contribution is 5.80. The van der Waals surface area contributed by atoms with Crippen LogP contribution in [0.4, 0.5) is 0 Å². The van der Waals surface area contributed by atoms with Gasteiger partial charge in [0.25, 0.3) is 0 Å². The number of hydrogen-bond acceptors (Lipinski definition) is 4. The number of benzene rings is 2. The number of aromatic nitrogens is 2. The summed E-state index contributed by atoms with van der Waals surface area (Å²) >= 11 is 0. The number of nitrogens with one attached hydrogen (secondary N) is 2. The molecule has 7 heteroatoms. The van der Waals surface area contributed by atoms with E-state index in [9.17, 15) is 9.59 Å². The monoisotopic (exact) mass is 397 g/mol. The van der Waals surface area contributed by atoms with Gasteiger partial charge in [0.2, 0.25) is 5.91 Å². The van der Waals surface area contributed by atoms with Gasteiger partial charge in [0.1, 0.15) is 6.54 Å². The molecule has 1 aromatic heterocycles. The highest BCUT2D eigenvalue weighted by Crippen LogP contribution is 2.30. The smallest absolute Gasteiger partial charge is 0.326 e. The molecule has 0 radical (unpaired) electrons. The molecule has 1 amide bonds. The molecule has 0 aliphatic rings. The lowest BCUT2D eigenvalue weighted by Crippen LogP contribution is -2.33. The average molecular weight is 397 g/mol. The summed E-state index contributed by atoms with van der Waals surface area (Å²) in [5.74, 6) is 1.08. The third-order valence-electron chi connectivity index (χ3n) is 4.80. The highest BCUT2D eigenvalue weighted by atomic mass is 16.5. The van der Waals surface area contributed by atoms with E-state index in [4.69, 9.17) is 9.47 Å². The zero-order chi connectivity index (χ0) is 20.8. The second kappa shape index (κ2) is 9.32. The first-order valence-corrected chi connectivity index (χ1v) is 9.81. The predicted octanol–water partition coefficient (Wildman–Crippen LogP) is 3.39. The predicted molar refractivity (Wildman–Crippen MR) is 113 cm³/mol. The zero-order valence-corrected chi connectivity index (χ0v) is 17.0. The van der Waals surface area contributed by atoms with Gasteiger partial charge in [0, 0.05) is 0 Å². The van der Waals surface area contributed by atoms with E-state index in [-0.39, 0.29) is 24.2 Å². The Morgan fingerprint density at radius 1 is 1.21 bits per heavy atom. The number of ether oxygens (including phenoxy) is 2. The normalized spacial score (nSPS) is 12.0. The van der Waals surface area contributed by atoms with Crippen LogP contribution in [0, 0.1) is 0 Å². The van der Waals surface area contributed by atoms with Crippen molar-refractivity contribution < 1.29 is 14.3 Å². The Kier molecular flexibility index (Phi) is 6.59. The van der Waals surface area contributed by atoms with Crippen LogP contribution in [0.5, 0.6) is 11.5 Å². The Balaban J connectivity index is 1.69. The second-order valence-corrected chi connectivity index (χ2v) is 6.93. The summed E-state index contributed by atoms with van der Waals surface area (Å²) in [6.07, 6.45) is 2.04. The van der Waals surface area contributed by atoms with E-state index in [2.05, 4.69) is 17.2 Å². The van der Waals surface area contributed by atoms with Gasteiger partial charge in [0.05, 0.1) is 30.8 Å². The number of aromatic amines is 1. The minimum atomic E-state index is -0.302. The Hall–Kier alpha value is -3.22. The second-order valence-electron chi connectivity index (χ2n) is 6.93. The number of carbonyl (C=O) groups excluding carboxylic acids is 1. The number of carbonyl (C=O) groups is 1. The van der Waals surface area contributed by atoms with Crippen molar-refractivity contribution in [1.29, 1.82) is 0 Å². The highest BCUT2D eigenvalue weighted by Gasteiger charge is 2.15. The zero-order valence-electron chi connectivity index (χ0n) is 17.0. The molecule has 0 bridgehead atoms. The van der Waals surface area contributed by atoms with Crippen LogP contribution in [0.25, 0.3) is 11.0 Å². The van der Waals surface area contributed by atoms with Crippen LogP contribution in [0.1, 0.15) is 38.3 Å². The molecule has 1 atom stereocenters.